The molecule has 1 aliphatic rings. The number of ether oxygens (including phenoxy) is 1. The van der Waals surface area contributed by atoms with Crippen LogP contribution in [-0.4, -0.2) is 71.1 Å². The van der Waals surface area contributed by atoms with Gasteiger partial charge < -0.3 is 19.1 Å². The van der Waals surface area contributed by atoms with Crippen molar-refractivity contribution < 1.29 is 9.53 Å². The van der Waals surface area contributed by atoms with E-state index in [0.29, 0.717) is 17.4 Å². The second kappa shape index (κ2) is 8.99. The maximum absolute atomic E-state index is 12.8. The van der Waals surface area contributed by atoms with Gasteiger partial charge in [-0.3, -0.25) is 4.79 Å². The molecule has 146 valence electrons. The molecule has 2 aromatic heterocycles. The monoisotopic (exact) mass is 371 g/mol. The largest absolute Gasteiger partial charge is 0.480 e. The molecular formula is C20H29N5O2. The molecule has 0 spiro atoms. The van der Waals surface area contributed by atoms with Crippen molar-refractivity contribution >= 4 is 5.91 Å². The van der Waals surface area contributed by atoms with E-state index < -0.39 is 0 Å². The van der Waals surface area contributed by atoms with E-state index >= 15 is 0 Å². The third-order valence-electron chi connectivity index (χ3n) is 5.09. The van der Waals surface area contributed by atoms with Crippen LogP contribution < -0.4 is 4.74 Å². The highest BCUT2D eigenvalue weighted by atomic mass is 16.5. The first-order chi connectivity index (χ1) is 13.1. The summed E-state index contributed by atoms with van der Waals surface area (Å²) in [5.74, 6) is 1.94. The molecule has 0 saturated carbocycles. The van der Waals surface area contributed by atoms with Crippen molar-refractivity contribution in [2.45, 2.75) is 31.7 Å². The van der Waals surface area contributed by atoms with Gasteiger partial charge in [-0.15, -0.1) is 0 Å². The lowest BCUT2D eigenvalue weighted by molar-refractivity contribution is 0.0706. The Hall–Kier alpha value is -2.41. The van der Waals surface area contributed by atoms with Gasteiger partial charge in [0, 0.05) is 44.1 Å². The SMILES string of the molecule is COc1ncccc1C(=O)N1CCC(c2nccn2CCCN(C)C)CC1. The zero-order valence-corrected chi connectivity index (χ0v) is 16.5. The number of likely N-dealkylation sites (tertiary alicyclic amines) is 1. The molecule has 3 heterocycles. The van der Waals surface area contributed by atoms with Crippen LogP contribution in [0.3, 0.4) is 0 Å². The van der Waals surface area contributed by atoms with Gasteiger partial charge in [-0.2, -0.15) is 0 Å². The molecule has 27 heavy (non-hydrogen) atoms. The Morgan fingerprint density at radius 2 is 2.04 bits per heavy atom. The Morgan fingerprint density at radius 1 is 1.26 bits per heavy atom. The zero-order valence-electron chi connectivity index (χ0n) is 16.5. The first kappa shape index (κ1) is 19.4. The number of piperidine rings is 1. The number of pyridine rings is 1. The lowest BCUT2D eigenvalue weighted by Gasteiger charge is -2.32. The minimum Gasteiger partial charge on any atom is -0.480 e. The van der Waals surface area contributed by atoms with E-state index in [1.165, 1.54) is 0 Å². The van der Waals surface area contributed by atoms with Crippen LogP contribution in [0.4, 0.5) is 0 Å². The van der Waals surface area contributed by atoms with Gasteiger partial charge >= 0.3 is 0 Å². The first-order valence-corrected chi connectivity index (χ1v) is 9.54. The first-order valence-electron chi connectivity index (χ1n) is 9.54. The lowest BCUT2D eigenvalue weighted by atomic mass is 9.95. The van der Waals surface area contributed by atoms with Gasteiger partial charge in [-0.25, -0.2) is 9.97 Å². The molecule has 1 aliphatic heterocycles. The molecule has 7 heteroatoms. The van der Waals surface area contributed by atoms with Crippen LogP contribution in [0.1, 0.15) is 41.4 Å². The average molecular weight is 371 g/mol. The average Bonchev–Trinajstić information content (AvgIpc) is 3.15. The molecule has 0 radical (unpaired) electrons. The quantitative estimate of drug-likeness (QED) is 0.747. The van der Waals surface area contributed by atoms with Crippen LogP contribution in [0.25, 0.3) is 0 Å². The van der Waals surface area contributed by atoms with Crippen LogP contribution in [-0.2, 0) is 6.54 Å². The van der Waals surface area contributed by atoms with Gasteiger partial charge in [0.2, 0.25) is 5.88 Å². The second-order valence-corrected chi connectivity index (χ2v) is 7.26. The normalized spacial score (nSPS) is 15.3. The number of amides is 1. The third-order valence-corrected chi connectivity index (χ3v) is 5.09. The summed E-state index contributed by atoms with van der Waals surface area (Å²) in [5.41, 5.74) is 0.531. The van der Waals surface area contributed by atoms with Crippen LogP contribution in [0.15, 0.2) is 30.7 Å². The highest BCUT2D eigenvalue weighted by molar-refractivity contribution is 5.96. The summed E-state index contributed by atoms with van der Waals surface area (Å²) < 4.78 is 7.51. The van der Waals surface area contributed by atoms with E-state index in [0.717, 1.165) is 51.3 Å². The second-order valence-electron chi connectivity index (χ2n) is 7.26. The number of hydrogen-bond acceptors (Lipinski definition) is 5. The van der Waals surface area contributed by atoms with E-state index in [1.54, 1.807) is 25.4 Å². The number of methoxy groups -OCH3 is 1. The van der Waals surface area contributed by atoms with Crippen LogP contribution in [0, 0.1) is 0 Å². The molecule has 0 N–H and O–H groups in total. The zero-order chi connectivity index (χ0) is 19.2. The lowest BCUT2D eigenvalue weighted by Crippen LogP contribution is -2.38. The van der Waals surface area contributed by atoms with Gasteiger partial charge in [0.1, 0.15) is 11.4 Å². The highest BCUT2D eigenvalue weighted by Gasteiger charge is 2.28. The number of aromatic nitrogens is 3. The maximum Gasteiger partial charge on any atom is 0.259 e. The van der Waals surface area contributed by atoms with Crippen LogP contribution >= 0.6 is 0 Å². The molecule has 0 atom stereocenters. The number of carbonyl (C=O) groups is 1. The summed E-state index contributed by atoms with van der Waals surface area (Å²) in [6, 6.07) is 3.55. The highest BCUT2D eigenvalue weighted by Crippen LogP contribution is 2.28. The minimum absolute atomic E-state index is 0.00674. The Bertz CT molecular complexity index is 750. The number of imidazole rings is 1. The molecule has 2 aromatic rings. The predicted molar refractivity (Wildman–Crippen MR) is 104 cm³/mol. The fourth-order valence-corrected chi connectivity index (χ4v) is 3.65. The number of hydrogen-bond donors (Lipinski definition) is 0. The number of aryl methyl sites for hydroxylation is 1. The van der Waals surface area contributed by atoms with E-state index in [4.69, 9.17) is 4.74 Å². The van der Waals surface area contributed by atoms with Gasteiger partial charge in [-0.05, 0) is 52.0 Å². The van der Waals surface area contributed by atoms with E-state index in [1.807, 2.05) is 11.1 Å². The fraction of sp³-hybridized carbons (Fsp3) is 0.550. The summed E-state index contributed by atoms with van der Waals surface area (Å²) in [7, 11) is 5.74. The van der Waals surface area contributed by atoms with Gasteiger partial charge in [0.25, 0.3) is 5.91 Å². The molecule has 7 nitrogen and oxygen atoms in total. The number of nitrogens with zero attached hydrogens (tertiary/aromatic N) is 5. The molecule has 0 bridgehead atoms. The van der Waals surface area contributed by atoms with E-state index in [9.17, 15) is 4.79 Å². The molecule has 3 rings (SSSR count). The third kappa shape index (κ3) is 4.66. The van der Waals surface area contributed by atoms with E-state index in [2.05, 4.69) is 39.7 Å². The van der Waals surface area contributed by atoms with Crippen LogP contribution in [0.2, 0.25) is 0 Å². The molecule has 1 fully saturated rings. The summed E-state index contributed by atoms with van der Waals surface area (Å²) in [6.45, 7) is 3.51. The molecule has 0 aliphatic carbocycles. The molecule has 0 unspecified atom stereocenters. The van der Waals surface area contributed by atoms with Crippen molar-refractivity contribution in [2.75, 3.05) is 40.8 Å². The Labute approximate surface area is 161 Å². The van der Waals surface area contributed by atoms with E-state index in [-0.39, 0.29) is 5.91 Å². The van der Waals surface area contributed by atoms with Gasteiger partial charge in [-0.1, -0.05) is 0 Å². The Morgan fingerprint density at radius 3 is 2.74 bits per heavy atom. The van der Waals surface area contributed by atoms with Crippen molar-refractivity contribution in [2.24, 2.45) is 0 Å². The summed E-state index contributed by atoms with van der Waals surface area (Å²) >= 11 is 0. The molecule has 0 aromatic carbocycles. The Balaban J connectivity index is 1.59. The van der Waals surface area contributed by atoms with Crippen molar-refractivity contribution in [1.82, 2.24) is 24.3 Å². The van der Waals surface area contributed by atoms with Crippen molar-refractivity contribution in [3.05, 3.63) is 42.1 Å². The van der Waals surface area contributed by atoms with Crippen molar-refractivity contribution in [3.8, 4) is 5.88 Å². The minimum atomic E-state index is -0.00674. The smallest absolute Gasteiger partial charge is 0.259 e. The standard InChI is InChI=1S/C20H29N5O2/c1-23(2)11-5-12-24-15-10-21-18(24)16-7-13-25(14-8-16)20(26)17-6-4-9-22-19(17)27-3/h4,6,9-10,15-16H,5,7-8,11-14H2,1-3H3. The summed E-state index contributed by atoms with van der Waals surface area (Å²) in [6.07, 6.45) is 8.57. The number of carbonyl (C=O) groups excluding carboxylic acids is 1. The molecule has 1 amide bonds. The Kier molecular flexibility index (Phi) is 6.45. The molecule has 1 saturated heterocycles. The summed E-state index contributed by atoms with van der Waals surface area (Å²) in [4.78, 5) is 25.7. The topological polar surface area (TPSA) is 63.5 Å². The summed E-state index contributed by atoms with van der Waals surface area (Å²) in [5, 5.41) is 0. The van der Waals surface area contributed by atoms with Gasteiger partial charge in [0.05, 0.1) is 7.11 Å². The number of rotatable bonds is 7. The van der Waals surface area contributed by atoms with Crippen molar-refractivity contribution in [1.29, 1.82) is 0 Å². The van der Waals surface area contributed by atoms with Crippen LogP contribution in [0.5, 0.6) is 5.88 Å². The fourth-order valence-electron chi connectivity index (χ4n) is 3.65. The van der Waals surface area contributed by atoms with Gasteiger partial charge in [0.15, 0.2) is 0 Å². The molecular weight excluding hydrogens is 342 g/mol. The predicted octanol–water partition coefficient (Wildman–Crippen LogP) is 2.26. The maximum atomic E-state index is 12.8. The van der Waals surface area contributed by atoms with Crippen molar-refractivity contribution in [3.63, 3.8) is 0 Å².